The van der Waals surface area contributed by atoms with Crippen LogP contribution >= 0.6 is 11.8 Å². The molecule has 9 nitrogen and oxygen atoms in total. The van der Waals surface area contributed by atoms with Crippen molar-refractivity contribution in [3.05, 3.63) is 35.6 Å². The number of nitrogens with zero attached hydrogens (tertiary/aromatic N) is 4. The Kier molecular flexibility index (Phi) is 6.11. The Labute approximate surface area is 190 Å². The first-order valence-corrected chi connectivity index (χ1v) is 12.3. The molecule has 0 unspecified atom stereocenters. The Morgan fingerprint density at radius 1 is 1.19 bits per heavy atom. The molecular weight excluding hydrogens is 430 g/mol. The summed E-state index contributed by atoms with van der Waals surface area (Å²) in [5.74, 6) is 3.13. The minimum Gasteiger partial charge on any atom is -0.387 e. The van der Waals surface area contributed by atoms with Gasteiger partial charge >= 0.3 is 0 Å². The Bertz CT molecular complexity index is 1080. The summed E-state index contributed by atoms with van der Waals surface area (Å²) >= 11 is 1.66. The van der Waals surface area contributed by atoms with E-state index in [9.17, 15) is 10.2 Å². The summed E-state index contributed by atoms with van der Waals surface area (Å²) in [6.45, 7) is 1.98. The lowest BCUT2D eigenvalue weighted by Crippen LogP contribution is -2.32. The zero-order chi connectivity index (χ0) is 22.2. The van der Waals surface area contributed by atoms with Crippen molar-refractivity contribution in [1.29, 1.82) is 0 Å². The van der Waals surface area contributed by atoms with E-state index in [4.69, 9.17) is 15.0 Å². The Morgan fingerprint density at radius 3 is 2.81 bits per heavy atom. The lowest BCUT2D eigenvalue weighted by molar-refractivity contribution is -0.0285. The molecule has 1 aliphatic carbocycles. The van der Waals surface area contributed by atoms with Gasteiger partial charge in [-0.3, -0.25) is 0 Å². The van der Waals surface area contributed by atoms with Gasteiger partial charge in [0, 0.05) is 29.2 Å². The van der Waals surface area contributed by atoms with Gasteiger partial charge in [-0.25, -0.2) is 9.97 Å². The Morgan fingerprint density at radius 2 is 2.00 bits per heavy atom. The number of nitrogens with two attached hydrogens (primary N) is 1. The average Bonchev–Trinajstić information content (AvgIpc) is 3.47. The van der Waals surface area contributed by atoms with Crippen LogP contribution in [0.15, 0.2) is 23.1 Å². The van der Waals surface area contributed by atoms with Crippen molar-refractivity contribution in [2.75, 3.05) is 11.5 Å². The minimum absolute atomic E-state index is 0.367. The van der Waals surface area contributed by atoms with E-state index in [1.54, 1.807) is 28.6 Å². The van der Waals surface area contributed by atoms with Crippen LogP contribution in [0.3, 0.4) is 0 Å². The van der Waals surface area contributed by atoms with Gasteiger partial charge in [-0.15, -0.1) is 0 Å². The predicted octanol–water partition coefficient (Wildman–Crippen LogP) is 2.91. The number of hydrogen-bond acceptors (Lipinski definition) is 9. The van der Waals surface area contributed by atoms with Gasteiger partial charge in [0.1, 0.15) is 35.8 Å². The van der Waals surface area contributed by atoms with Crippen LogP contribution in [0.1, 0.15) is 61.3 Å². The fourth-order valence-electron chi connectivity index (χ4n) is 4.84. The molecule has 172 valence electrons. The van der Waals surface area contributed by atoms with Crippen LogP contribution < -0.4 is 5.73 Å². The zero-order valence-electron chi connectivity index (χ0n) is 18.1. The van der Waals surface area contributed by atoms with Crippen molar-refractivity contribution in [2.24, 2.45) is 0 Å². The Balaban J connectivity index is 1.25. The summed E-state index contributed by atoms with van der Waals surface area (Å²) in [6.07, 6.45) is 5.91. The van der Waals surface area contributed by atoms with Crippen molar-refractivity contribution in [3.63, 3.8) is 0 Å². The molecule has 3 aromatic rings. The zero-order valence-corrected chi connectivity index (χ0v) is 18.9. The third-order valence-corrected chi connectivity index (χ3v) is 7.73. The molecule has 10 heteroatoms. The number of anilines is 1. The van der Waals surface area contributed by atoms with Crippen molar-refractivity contribution in [2.45, 2.75) is 75.2 Å². The van der Waals surface area contributed by atoms with E-state index < -0.39 is 24.5 Å². The van der Waals surface area contributed by atoms with Crippen LogP contribution in [0.25, 0.3) is 11.0 Å². The van der Waals surface area contributed by atoms with Crippen molar-refractivity contribution < 1.29 is 19.5 Å². The molecule has 3 aromatic heterocycles. The molecule has 0 radical (unpaired) electrons. The molecule has 1 saturated carbocycles. The number of aliphatic hydroxyl groups is 2. The van der Waals surface area contributed by atoms with Crippen LogP contribution in [-0.4, -0.2) is 54.0 Å². The molecule has 32 heavy (non-hydrogen) atoms. The third kappa shape index (κ3) is 3.89. The van der Waals surface area contributed by atoms with Crippen LogP contribution in [-0.2, 0) is 10.5 Å². The number of ether oxygens (including phenoxy) is 1. The second-order valence-electron chi connectivity index (χ2n) is 8.73. The highest BCUT2D eigenvalue weighted by Gasteiger charge is 2.44. The molecule has 0 spiro atoms. The first kappa shape index (κ1) is 21.7. The second kappa shape index (κ2) is 9.01. The number of thioether (sulfide) groups is 1. The van der Waals surface area contributed by atoms with E-state index in [1.807, 2.05) is 6.92 Å². The number of aromatic nitrogens is 4. The number of aryl methyl sites for hydroxylation is 1. The predicted molar refractivity (Wildman–Crippen MR) is 121 cm³/mol. The number of nitrogen functional groups attached to an aromatic ring is 1. The van der Waals surface area contributed by atoms with Gasteiger partial charge in [0.05, 0.1) is 17.2 Å². The van der Waals surface area contributed by atoms with Gasteiger partial charge in [0.25, 0.3) is 0 Å². The summed E-state index contributed by atoms with van der Waals surface area (Å²) in [7, 11) is 0. The highest BCUT2D eigenvalue weighted by molar-refractivity contribution is 7.98. The Hall–Kier alpha value is -2.14. The number of hydrogen-bond donors (Lipinski definition) is 3. The maximum absolute atomic E-state index is 10.7. The third-order valence-electron chi connectivity index (χ3n) is 6.67. The SMILES string of the molecule is Cc1noc(C2CCCCC2)c1CSC[C@H]1O[C@@H](n2ccc3c(N)ncnc32)[C@H](O)[C@@H]1O. The molecule has 4 N–H and O–H groups in total. The van der Waals surface area contributed by atoms with Crippen LogP contribution in [0.4, 0.5) is 5.82 Å². The number of rotatable bonds is 6. The van der Waals surface area contributed by atoms with Gasteiger partial charge in [-0.2, -0.15) is 11.8 Å². The summed E-state index contributed by atoms with van der Waals surface area (Å²) in [4.78, 5) is 8.26. The molecule has 2 fully saturated rings. The topological polar surface area (TPSA) is 132 Å². The molecule has 5 rings (SSSR count). The largest absolute Gasteiger partial charge is 0.387 e. The van der Waals surface area contributed by atoms with Gasteiger partial charge in [-0.05, 0) is 25.8 Å². The first-order chi connectivity index (χ1) is 15.5. The molecule has 0 bridgehead atoms. The van der Waals surface area contributed by atoms with Crippen molar-refractivity contribution in [3.8, 4) is 0 Å². The van der Waals surface area contributed by atoms with Gasteiger partial charge in [-0.1, -0.05) is 24.4 Å². The quantitative estimate of drug-likeness (QED) is 0.509. The van der Waals surface area contributed by atoms with Crippen molar-refractivity contribution in [1.82, 2.24) is 19.7 Å². The number of fused-ring (bicyclic) bond motifs is 1. The molecule has 4 atom stereocenters. The van der Waals surface area contributed by atoms with Gasteiger partial charge in [0.2, 0.25) is 0 Å². The highest BCUT2D eigenvalue weighted by Crippen LogP contribution is 2.38. The van der Waals surface area contributed by atoms with Gasteiger partial charge in [0.15, 0.2) is 6.23 Å². The van der Waals surface area contributed by atoms with E-state index in [2.05, 4.69) is 15.1 Å². The summed E-state index contributed by atoms with van der Waals surface area (Å²) in [6, 6.07) is 1.79. The fraction of sp³-hybridized carbons (Fsp3) is 0.591. The maximum atomic E-state index is 10.7. The van der Waals surface area contributed by atoms with E-state index >= 15 is 0 Å². The molecule has 0 amide bonds. The summed E-state index contributed by atoms with van der Waals surface area (Å²) < 4.78 is 13.5. The lowest BCUT2D eigenvalue weighted by atomic mass is 9.86. The summed E-state index contributed by atoms with van der Waals surface area (Å²) in [5, 5.41) is 26.2. The van der Waals surface area contributed by atoms with Crippen molar-refractivity contribution >= 4 is 28.6 Å². The average molecular weight is 460 g/mol. The molecule has 2 aliphatic rings. The van der Waals surface area contributed by atoms with Gasteiger partial charge < -0.3 is 29.8 Å². The standard InChI is InChI=1S/C22H29N5O4S/c1-12-15(19(31-26-12)13-5-3-2-4-6-13)9-32-10-16-17(28)18(29)22(30-16)27-8-7-14-20(23)24-11-25-21(14)27/h7-8,11,13,16-18,22,28-29H,2-6,9-10H2,1H3,(H2,23,24,25)/t16-,17-,18-,22-/m1/s1. The fourth-order valence-corrected chi connectivity index (χ4v) is 6.02. The first-order valence-electron chi connectivity index (χ1n) is 11.2. The molecule has 0 aromatic carbocycles. The minimum atomic E-state index is -1.07. The molecule has 1 aliphatic heterocycles. The normalized spacial score (nSPS) is 26.8. The van der Waals surface area contributed by atoms with E-state index in [-0.39, 0.29) is 0 Å². The smallest absolute Gasteiger partial charge is 0.164 e. The highest BCUT2D eigenvalue weighted by atomic mass is 32.2. The monoisotopic (exact) mass is 459 g/mol. The number of aliphatic hydroxyl groups excluding tert-OH is 2. The summed E-state index contributed by atoms with van der Waals surface area (Å²) in [5.41, 5.74) is 8.58. The van der Waals surface area contributed by atoms with E-state index in [0.29, 0.717) is 28.5 Å². The van der Waals surface area contributed by atoms with Crippen LogP contribution in [0, 0.1) is 6.92 Å². The van der Waals surface area contributed by atoms with Crippen LogP contribution in [0.2, 0.25) is 0 Å². The van der Waals surface area contributed by atoms with E-state index in [1.165, 1.54) is 25.6 Å². The molecule has 4 heterocycles. The molecule has 1 saturated heterocycles. The van der Waals surface area contributed by atoms with E-state index in [0.717, 1.165) is 35.6 Å². The maximum Gasteiger partial charge on any atom is 0.164 e. The second-order valence-corrected chi connectivity index (χ2v) is 9.76. The molecular formula is C22H29N5O4S. The lowest BCUT2D eigenvalue weighted by Gasteiger charge is -2.20. The van der Waals surface area contributed by atoms with Crippen LogP contribution in [0.5, 0.6) is 0 Å².